The molecule has 0 radical (unpaired) electrons. The molecule has 0 spiro atoms. The number of likely N-dealkylation sites (N-methyl/N-ethyl adjacent to an activating group) is 1. The SMILES string of the molecule is CCC(Cl)C(=O)Nc1c(Cl)cc2c(c1O)C(=O)C1=C(O)[C@]3(O)C(=O)C(C(N)=O)=C(O)[C@@H](N(C)C)C3CC1C2.Cl. The summed E-state index contributed by atoms with van der Waals surface area (Å²) in [5.74, 6) is -8.33. The highest BCUT2D eigenvalue weighted by Crippen LogP contribution is 2.53. The molecule has 0 saturated heterocycles. The summed E-state index contributed by atoms with van der Waals surface area (Å²) in [6.07, 6.45) is 0.313. The Balaban J connectivity index is 0.00000420. The highest BCUT2D eigenvalue weighted by molar-refractivity contribution is 6.37. The van der Waals surface area contributed by atoms with Crippen LogP contribution in [-0.4, -0.2) is 79.8 Å². The maximum absolute atomic E-state index is 13.7. The minimum absolute atomic E-state index is 0. The smallest absolute Gasteiger partial charge is 0.255 e. The number of nitrogens with two attached hydrogens (primary N) is 1. The van der Waals surface area contributed by atoms with Crippen LogP contribution >= 0.6 is 35.6 Å². The van der Waals surface area contributed by atoms with Gasteiger partial charge in [-0.25, -0.2) is 0 Å². The number of halogens is 3. The van der Waals surface area contributed by atoms with Crippen LogP contribution in [0, 0.1) is 11.8 Å². The summed E-state index contributed by atoms with van der Waals surface area (Å²) in [6.45, 7) is 1.68. The number of aromatic hydroxyl groups is 1. The van der Waals surface area contributed by atoms with E-state index in [4.69, 9.17) is 28.9 Å². The number of rotatable bonds is 5. The molecule has 1 aromatic carbocycles. The first-order valence-corrected chi connectivity index (χ1v) is 12.6. The Labute approximate surface area is 239 Å². The molecule has 3 aliphatic rings. The van der Waals surface area contributed by atoms with E-state index in [1.54, 1.807) is 21.0 Å². The van der Waals surface area contributed by atoms with Gasteiger partial charge in [-0.15, -0.1) is 24.0 Å². The zero-order chi connectivity index (χ0) is 28.4. The Morgan fingerprint density at radius 1 is 1.26 bits per heavy atom. The number of alkyl halides is 1. The molecule has 2 amide bonds. The van der Waals surface area contributed by atoms with E-state index in [2.05, 4.69) is 5.32 Å². The van der Waals surface area contributed by atoms with Gasteiger partial charge in [0.05, 0.1) is 16.6 Å². The van der Waals surface area contributed by atoms with E-state index in [1.165, 1.54) is 11.0 Å². The van der Waals surface area contributed by atoms with E-state index < -0.39 is 75.1 Å². The highest BCUT2D eigenvalue weighted by atomic mass is 35.5. The number of carbonyl (C=O) groups is 4. The quantitative estimate of drug-likeness (QED) is 0.166. The van der Waals surface area contributed by atoms with Crippen molar-refractivity contribution in [3.05, 3.63) is 44.9 Å². The molecule has 0 heterocycles. The number of fused-ring (bicyclic) bond motifs is 3. The number of Topliss-reactive ketones (excluding diaryl/α,β-unsaturated/α-hetero) is 2. The predicted molar refractivity (Wildman–Crippen MR) is 144 cm³/mol. The molecular formula is C25H28Cl3N3O8. The van der Waals surface area contributed by atoms with Gasteiger partial charge in [-0.3, -0.25) is 24.1 Å². The van der Waals surface area contributed by atoms with Gasteiger partial charge < -0.3 is 31.5 Å². The van der Waals surface area contributed by atoms with Crippen molar-refractivity contribution in [1.29, 1.82) is 0 Å². The van der Waals surface area contributed by atoms with Crippen LogP contribution in [0.3, 0.4) is 0 Å². The predicted octanol–water partition coefficient (Wildman–Crippen LogP) is 2.15. The third-order valence-electron chi connectivity index (χ3n) is 7.56. The lowest BCUT2D eigenvalue weighted by molar-refractivity contribution is -0.148. The van der Waals surface area contributed by atoms with Gasteiger partial charge in [-0.1, -0.05) is 18.5 Å². The number of benzene rings is 1. The molecule has 7 N–H and O–H groups in total. The van der Waals surface area contributed by atoms with Gasteiger partial charge in [0.1, 0.15) is 28.2 Å². The van der Waals surface area contributed by atoms with Gasteiger partial charge >= 0.3 is 0 Å². The van der Waals surface area contributed by atoms with Crippen molar-refractivity contribution in [2.24, 2.45) is 17.6 Å². The van der Waals surface area contributed by atoms with Crippen molar-refractivity contribution in [3.8, 4) is 5.75 Å². The minimum Gasteiger partial charge on any atom is -0.510 e. The number of phenolic OH excluding ortho intramolecular Hbond substituents is 1. The summed E-state index contributed by atoms with van der Waals surface area (Å²) >= 11 is 12.3. The molecule has 212 valence electrons. The van der Waals surface area contributed by atoms with Gasteiger partial charge in [0.25, 0.3) is 5.91 Å². The molecule has 5 atom stereocenters. The molecule has 11 nitrogen and oxygen atoms in total. The zero-order valence-corrected chi connectivity index (χ0v) is 23.4. The van der Waals surface area contributed by atoms with E-state index in [1.807, 2.05) is 0 Å². The Bertz CT molecular complexity index is 1360. The second-order valence-corrected chi connectivity index (χ2v) is 10.9. The van der Waals surface area contributed by atoms with Crippen LogP contribution in [0.2, 0.25) is 5.02 Å². The number of phenols is 1. The molecule has 4 rings (SSSR count). The molecule has 39 heavy (non-hydrogen) atoms. The summed E-state index contributed by atoms with van der Waals surface area (Å²) < 4.78 is 0. The monoisotopic (exact) mass is 603 g/mol. The lowest BCUT2D eigenvalue weighted by Crippen LogP contribution is -2.63. The number of primary amides is 1. The molecule has 0 aromatic heterocycles. The van der Waals surface area contributed by atoms with E-state index in [0.717, 1.165) is 0 Å². The fraction of sp³-hybridized carbons (Fsp3) is 0.440. The van der Waals surface area contributed by atoms with Crippen LogP contribution in [0.25, 0.3) is 0 Å². The molecule has 14 heteroatoms. The van der Waals surface area contributed by atoms with E-state index >= 15 is 0 Å². The van der Waals surface area contributed by atoms with Crippen LogP contribution in [0.1, 0.15) is 35.7 Å². The molecule has 0 bridgehead atoms. The van der Waals surface area contributed by atoms with E-state index in [9.17, 15) is 39.6 Å². The van der Waals surface area contributed by atoms with Gasteiger partial charge in [-0.2, -0.15) is 0 Å². The molecular weight excluding hydrogens is 577 g/mol. The van der Waals surface area contributed by atoms with Crippen LogP contribution in [0.5, 0.6) is 5.75 Å². The van der Waals surface area contributed by atoms with Crippen molar-refractivity contribution in [2.75, 3.05) is 19.4 Å². The number of allylic oxidation sites excluding steroid dienone is 1. The molecule has 1 aromatic rings. The number of anilines is 1. The Morgan fingerprint density at radius 2 is 1.87 bits per heavy atom. The normalized spacial score (nSPS) is 26.9. The minimum atomic E-state index is -2.74. The fourth-order valence-corrected chi connectivity index (χ4v) is 6.10. The standard InChI is InChI=1S/C25H27Cl2N3O8.ClH/c1-4-11(26)24(37)29-16-12(27)7-9-5-8-6-10-17(30(2)3)20(33)15(23(28)36)22(35)25(10,38)21(34)14(8)18(31)13(9)19(16)32;/h7-8,10-11,17,32-34,38H,4-6H2,1-3H3,(H2,28,36)(H,29,37);1H/t8?,10?,11?,17-,25-;/m0./s1. The first-order valence-electron chi connectivity index (χ1n) is 11.8. The summed E-state index contributed by atoms with van der Waals surface area (Å²) in [5.41, 5.74) is 1.18. The number of ketones is 2. The van der Waals surface area contributed by atoms with Gasteiger partial charge in [0.15, 0.2) is 17.1 Å². The number of carbonyl (C=O) groups excluding carboxylic acids is 4. The number of hydrogen-bond donors (Lipinski definition) is 6. The Kier molecular flexibility index (Phi) is 8.37. The summed E-state index contributed by atoms with van der Waals surface area (Å²) in [7, 11) is 3.09. The molecule has 0 fully saturated rings. The Morgan fingerprint density at radius 3 is 2.41 bits per heavy atom. The summed E-state index contributed by atoms with van der Waals surface area (Å²) in [5, 5.41) is 46.1. The number of nitrogens with one attached hydrogen (secondary N) is 1. The number of aliphatic hydroxyl groups is 3. The summed E-state index contributed by atoms with van der Waals surface area (Å²) in [6, 6.07) is 0.323. The fourth-order valence-electron chi connectivity index (χ4n) is 5.78. The molecule has 0 aliphatic heterocycles. The van der Waals surface area contributed by atoms with Gasteiger partial charge in [0.2, 0.25) is 11.7 Å². The average molecular weight is 605 g/mol. The lowest BCUT2D eigenvalue weighted by Gasteiger charge is -2.50. The van der Waals surface area contributed by atoms with Crippen molar-refractivity contribution in [3.63, 3.8) is 0 Å². The number of nitrogens with zero attached hydrogens (tertiary/aromatic N) is 1. The maximum atomic E-state index is 13.7. The highest BCUT2D eigenvalue weighted by Gasteiger charge is 2.63. The van der Waals surface area contributed by atoms with Crippen molar-refractivity contribution in [2.45, 2.75) is 43.2 Å². The van der Waals surface area contributed by atoms with Gasteiger partial charge in [-0.05, 0) is 50.9 Å². The van der Waals surface area contributed by atoms with Crippen LogP contribution in [0.4, 0.5) is 5.69 Å². The first-order chi connectivity index (χ1) is 17.7. The van der Waals surface area contributed by atoms with Crippen molar-refractivity contribution in [1.82, 2.24) is 4.90 Å². The van der Waals surface area contributed by atoms with Crippen molar-refractivity contribution < 1.29 is 39.6 Å². The van der Waals surface area contributed by atoms with Crippen LogP contribution in [0.15, 0.2) is 28.7 Å². The zero-order valence-electron chi connectivity index (χ0n) is 21.1. The molecule has 3 aliphatic carbocycles. The van der Waals surface area contributed by atoms with Crippen LogP contribution < -0.4 is 11.1 Å². The number of hydrogen-bond acceptors (Lipinski definition) is 9. The van der Waals surface area contributed by atoms with E-state index in [0.29, 0.717) is 5.56 Å². The first kappa shape index (κ1) is 30.7. The second-order valence-electron chi connectivity index (χ2n) is 9.94. The Hall–Kier alpha value is -2.83. The maximum Gasteiger partial charge on any atom is 0.255 e. The van der Waals surface area contributed by atoms with E-state index in [-0.39, 0.29) is 53.5 Å². The largest absolute Gasteiger partial charge is 0.510 e. The topological polar surface area (TPSA) is 190 Å². The third kappa shape index (κ3) is 4.46. The third-order valence-corrected chi connectivity index (χ3v) is 8.36. The average Bonchev–Trinajstić information content (AvgIpc) is 2.82. The number of amides is 2. The summed E-state index contributed by atoms with van der Waals surface area (Å²) in [4.78, 5) is 52.8. The molecule has 3 unspecified atom stereocenters. The van der Waals surface area contributed by atoms with Gasteiger partial charge in [0, 0.05) is 11.5 Å². The second kappa shape index (κ2) is 10.6. The van der Waals surface area contributed by atoms with Crippen LogP contribution in [-0.2, 0) is 20.8 Å². The number of aliphatic hydroxyl groups excluding tert-OH is 2. The lowest BCUT2D eigenvalue weighted by atomic mass is 9.58. The molecule has 0 saturated carbocycles. The van der Waals surface area contributed by atoms with Crippen molar-refractivity contribution >= 4 is 64.7 Å².